The molecule has 1 heterocycles. The molecule has 1 aliphatic rings. The number of carbonyl (C=O) groups is 1. The topological polar surface area (TPSA) is 49.3 Å². The summed E-state index contributed by atoms with van der Waals surface area (Å²) in [4.78, 5) is 10.9. The van der Waals surface area contributed by atoms with E-state index in [1.807, 2.05) is 30.3 Å². The molecule has 0 aromatic heterocycles. The van der Waals surface area contributed by atoms with Gasteiger partial charge in [-0.25, -0.2) is 0 Å². The molecule has 0 amide bonds. The lowest BCUT2D eigenvalue weighted by molar-refractivity contribution is -0.139. The zero-order chi connectivity index (χ0) is 9.97. The normalized spacial score (nSPS) is 26.3. The quantitative estimate of drug-likeness (QED) is 0.738. The van der Waals surface area contributed by atoms with Gasteiger partial charge < -0.3 is 10.4 Å². The van der Waals surface area contributed by atoms with Crippen LogP contribution in [-0.2, 0) is 4.79 Å². The van der Waals surface area contributed by atoms with Gasteiger partial charge in [-0.2, -0.15) is 0 Å². The highest BCUT2D eigenvalue weighted by Crippen LogP contribution is 2.27. The second-order valence-corrected chi connectivity index (χ2v) is 3.58. The first kappa shape index (κ1) is 9.21. The van der Waals surface area contributed by atoms with Crippen molar-refractivity contribution in [1.29, 1.82) is 0 Å². The lowest BCUT2D eigenvalue weighted by Crippen LogP contribution is -2.34. The third kappa shape index (κ3) is 1.63. The maximum atomic E-state index is 10.9. The van der Waals surface area contributed by atoms with Gasteiger partial charge in [0.1, 0.15) is 6.04 Å². The molecular formula is C11H13NO2. The highest BCUT2D eigenvalue weighted by atomic mass is 16.4. The number of benzene rings is 1. The van der Waals surface area contributed by atoms with Crippen LogP contribution in [0.4, 0.5) is 0 Å². The summed E-state index contributed by atoms with van der Waals surface area (Å²) in [5.41, 5.74) is 1.12. The summed E-state index contributed by atoms with van der Waals surface area (Å²) in [6.07, 6.45) is 0.904. The first-order chi connectivity index (χ1) is 6.79. The maximum Gasteiger partial charge on any atom is 0.321 e. The van der Waals surface area contributed by atoms with Gasteiger partial charge >= 0.3 is 5.97 Å². The van der Waals surface area contributed by atoms with E-state index in [-0.39, 0.29) is 5.92 Å². The summed E-state index contributed by atoms with van der Waals surface area (Å²) in [6, 6.07) is 9.42. The van der Waals surface area contributed by atoms with Crippen LogP contribution in [0.3, 0.4) is 0 Å². The van der Waals surface area contributed by atoms with E-state index in [0.717, 1.165) is 18.5 Å². The van der Waals surface area contributed by atoms with Gasteiger partial charge in [-0.05, 0) is 18.5 Å². The minimum absolute atomic E-state index is 0.119. The van der Waals surface area contributed by atoms with Crippen molar-refractivity contribution in [2.45, 2.75) is 18.4 Å². The lowest BCUT2D eigenvalue weighted by atomic mass is 9.92. The van der Waals surface area contributed by atoms with Crippen LogP contribution in [0.5, 0.6) is 0 Å². The van der Waals surface area contributed by atoms with Crippen molar-refractivity contribution in [1.82, 2.24) is 5.32 Å². The number of carboxylic acid groups (broad SMARTS) is 1. The van der Waals surface area contributed by atoms with Crippen molar-refractivity contribution < 1.29 is 9.90 Å². The number of carboxylic acids is 1. The van der Waals surface area contributed by atoms with E-state index >= 15 is 0 Å². The second kappa shape index (κ2) is 3.80. The van der Waals surface area contributed by atoms with E-state index in [4.69, 9.17) is 5.11 Å². The third-order valence-corrected chi connectivity index (χ3v) is 2.72. The van der Waals surface area contributed by atoms with Gasteiger partial charge in [-0.15, -0.1) is 0 Å². The van der Waals surface area contributed by atoms with E-state index in [1.54, 1.807) is 0 Å². The molecule has 1 fully saturated rings. The number of nitrogens with one attached hydrogen (secondary N) is 1. The Kier molecular flexibility index (Phi) is 2.50. The number of rotatable bonds is 2. The fourth-order valence-corrected chi connectivity index (χ4v) is 2.02. The largest absolute Gasteiger partial charge is 0.480 e. The summed E-state index contributed by atoms with van der Waals surface area (Å²) in [6.45, 7) is 0.788. The molecule has 14 heavy (non-hydrogen) atoms. The molecule has 74 valence electrons. The van der Waals surface area contributed by atoms with Gasteiger partial charge in [-0.1, -0.05) is 30.3 Å². The second-order valence-electron chi connectivity index (χ2n) is 3.58. The van der Waals surface area contributed by atoms with Crippen molar-refractivity contribution >= 4 is 5.97 Å². The molecule has 0 aliphatic carbocycles. The van der Waals surface area contributed by atoms with Crippen molar-refractivity contribution in [2.75, 3.05) is 6.54 Å². The smallest absolute Gasteiger partial charge is 0.321 e. The molecule has 1 unspecified atom stereocenters. The fraction of sp³-hybridized carbons (Fsp3) is 0.364. The van der Waals surface area contributed by atoms with Gasteiger partial charge in [0.15, 0.2) is 0 Å². The molecule has 3 heteroatoms. The van der Waals surface area contributed by atoms with Crippen LogP contribution in [0.15, 0.2) is 30.3 Å². The zero-order valence-corrected chi connectivity index (χ0v) is 7.81. The predicted molar refractivity (Wildman–Crippen MR) is 53.2 cm³/mol. The minimum Gasteiger partial charge on any atom is -0.480 e. The molecule has 2 rings (SSSR count). The maximum absolute atomic E-state index is 10.9. The van der Waals surface area contributed by atoms with Crippen molar-refractivity contribution in [3.8, 4) is 0 Å². The highest BCUT2D eigenvalue weighted by Gasteiger charge is 2.33. The van der Waals surface area contributed by atoms with E-state index < -0.39 is 12.0 Å². The molecule has 0 bridgehead atoms. The van der Waals surface area contributed by atoms with Crippen molar-refractivity contribution in [3.63, 3.8) is 0 Å². The standard InChI is InChI=1S/C11H13NO2/c13-11(14)10-9(6-7-12-10)8-4-2-1-3-5-8/h1-5,9-10,12H,6-7H2,(H,13,14)/t9-,10?/m1/s1. The molecule has 1 aliphatic heterocycles. The summed E-state index contributed by atoms with van der Waals surface area (Å²) in [7, 11) is 0. The molecule has 2 atom stereocenters. The van der Waals surface area contributed by atoms with Gasteiger partial charge in [0.05, 0.1) is 0 Å². The Labute approximate surface area is 82.8 Å². The third-order valence-electron chi connectivity index (χ3n) is 2.72. The van der Waals surface area contributed by atoms with Gasteiger partial charge in [0.2, 0.25) is 0 Å². The fourth-order valence-electron chi connectivity index (χ4n) is 2.02. The van der Waals surface area contributed by atoms with E-state index in [9.17, 15) is 4.79 Å². The predicted octanol–water partition coefficient (Wildman–Crippen LogP) is 1.22. The molecular weight excluding hydrogens is 178 g/mol. The van der Waals surface area contributed by atoms with Crippen LogP contribution in [0.2, 0.25) is 0 Å². The van der Waals surface area contributed by atoms with E-state index in [2.05, 4.69) is 5.32 Å². The van der Waals surface area contributed by atoms with Crippen LogP contribution >= 0.6 is 0 Å². The molecule has 2 N–H and O–H groups in total. The molecule has 0 spiro atoms. The Morgan fingerprint density at radius 3 is 2.71 bits per heavy atom. The molecule has 1 aromatic rings. The Hall–Kier alpha value is -1.35. The first-order valence-corrected chi connectivity index (χ1v) is 4.80. The Bertz CT molecular complexity index is 323. The van der Waals surface area contributed by atoms with Gasteiger partial charge in [0, 0.05) is 5.92 Å². The summed E-state index contributed by atoms with van der Waals surface area (Å²) >= 11 is 0. The Morgan fingerprint density at radius 2 is 2.07 bits per heavy atom. The van der Waals surface area contributed by atoms with Gasteiger partial charge in [-0.3, -0.25) is 4.79 Å². The molecule has 0 saturated carbocycles. The SMILES string of the molecule is O=C(O)C1NCC[C@@H]1c1ccccc1. The number of aliphatic carboxylic acids is 1. The first-order valence-electron chi connectivity index (χ1n) is 4.80. The molecule has 1 aromatic carbocycles. The van der Waals surface area contributed by atoms with Gasteiger partial charge in [0.25, 0.3) is 0 Å². The molecule has 1 saturated heterocycles. The van der Waals surface area contributed by atoms with Crippen molar-refractivity contribution in [3.05, 3.63) is 35.9 Å². The number of hydrogen-bond donors (Lipinski definition) is 2. The zero-order valence-electron chi connectivity index (χ0n) is 7.81. The van der Waals surface area contributed by atoms with Crippen LogP contribution in [0, 0.1) is 0 Å². The Balaban J connectivity index is 2.22. The van der Waals surface area contributed by atoms with E-state index in [1.165, 1.54) is 0 Å². The van der Waals surface area contributed by atoms with E-state index in [0.29, 0.717) is 0 Å². The average molecular weight is 191 g/mol. The highest BCUT2D eigenvalue weighted by molar-refractivity contribution is 5.75. The average Bonchev–Trinajstić information content (AvgIpc) is 2.67. The molecule has 0 radical (unpaired) electrons. The van der Waals surface area contributed by atoms with Crippen LogP contribution in [0.1, 0.15) is 17.9 Å². The summed E-state index contributed by atoms with van der Waals surface area (Å²) in [5.74, 6) is -0.634. The lowest BCUT2D eigenvalue weighted by Gasteiger charge is -2.15. The minimum atomic E-state index is -0.753. The summed E-state index contributed by atoms with van der Waals surface area (Å²) < 4.78 is 0. The van der Waals surface area contributed by atoms with Crippen LogP contribution in [-0.4, -0.2) is 23.7 Å². The monoisotopic (exact) mass is 191 g/mol. The van der Waals surface area contributed by atoms with Crippen molar-refractivity contribution in [2.24, 2.45) is 0 Å². The summed E-state index contributed by atoms with van der Waals surface area (Å²) in [5, 5.41) is 12.0. The Morgan fingerprint density at radius 1 is 1.36 bits per heavy atom. The number of hydrogen-bond acceptors (Lipinski definition) is 2. The van der Waals surface area contributed by atoms with Crippen LogP contribution in [0.25, 0.3) is 0 Å². The van der Waals surface area contributed by atoms with Crippen LogP contribution < -0.4 is 5.32 Å². The molecule has 3 nitrogen and oxygen atoms in total.